The number of hydrogen-bond donors (Lipinski definition) is 2. The molecule has 0 aliphatic rings. The van der Waals surface area contributed by atoms with E-state index in [1.807, 2.05) is 39.0 Å². The molecule has 1 aromatic carbocycles. The molecule has 1 unspecified atom stereocenters. The number of nitrogens with zero attached hydrogens (tertiary/aromatic N) is 2. The molecule has 0 bridgehead atoms. The van der Waals surface area contributed by atoms with Crippen molar-refractivity contribution in [1.82, 2.24) is 19.9 Å². The summed E-state index contributed by atoms with van der Waals surface area (Å²) < 4.78 is 1.36. The fraction of sp³-hybridized carbons (Fsp3) is 0.333. The summed E-state index contributed by atoms with van der Waals surface area (Å²) in [4.78, 5) is 44.7. The zero-order valence-corrected chi connectivity index (χ0v) is 17.5. The van der Waals surface area contributed by atoms with E-state index in [2.05, 4.69) is 15.3 Å². The van der Waals surface area contributed by atoms with Crippen LogP contribution in [0.5, 0.6) is 0 Å². The van der Waals surface area contributed by atoms with Crippen LogP contribution in [0.1, 0.15) is 61.3 Å². The number of rotatable bonds is 5. The van der Waals surface area contributed by atoms with Crippen LogP contribution in [0.25, 0.3) is 11.0 Å². The second kappa shape index (κ2) is 8.21. The van der Waals surface area contributed by atoms with Crippen LogP contribution in [0.2, 0.25) is 5.02 Å². The van der Waals surface area contributed by atoms with Crippen LogP contribution < -0.4 is 16.6 Å². The summed E-state index contributed by atoms with van der Waals surface area (Å²) in [5.74, 6) is -0.426. The van der Waals surface area contributed by atoms with Gasteiger partial charge >= 0.3 is 5.69 Å². The fourth-order valence-electron chi connectivity index (χ4n) is 3.24. The summed E-state index contributed by atoms with van der Waals surface area (Å²) in [7, 11) is 0. The minimum Gasteiger partial charge on any atom is -0.345 e. The van der Waals surface area contributed by atoms with Gasteiger partial charge in [0, 0.05) is 17.3 Å². The molecule has 7 nitrogen and oxygen atoms in total. The van der Waals surface area contributed by atoms with Gasteiger partial charge in [0.1, 0.15) is 0 Å². The number of benzene rings is 1. The third kappa shape index (κ3) is 3.96. The van der Waals surface area contributed by atoms with E-state index in [9.17, 15) is 14.4 Å². The van der Waals surface area contributed by atoms with Gasteiger partial charge in [0.15, 0.2) is 5.65 Å². The normalized spacial score (nSPS) is 12.3. The molecule has 2 aromatic heterocycles. The Kier molecular flexibility index (Phi) is 5.88. The van der Waals surface area contributed by atoms with Gasteiger partial charge in [-0.2, -0.15) is 0 Å². The molecule has 29 heavy (non-hydrogen) atoms. The molecule has 1 atom stereocenters. The zero-order chi connectivity index (χ0) is 21.3. The second-order valence-corrected chi connectivity index (χ2v) is 7.58. The third-order valence-electron chi connectivity index (χ3n) is 4.84. The van der Waals surface area contributed by atoms with E-state index < -0.39 is 17.2 Å². The first-order chi connectivity index (χ1) is 13.7. The highest BCUT2D eigenvalue weighted by Gasteiger charge is 2.22. The van der Waals surface area contributed by atoms with Gasteiger partial charge in [0.2, 0.25) is 0 Å². The maximum atomic E-state index is 13.1. The van der Waals surface area contributed by atoms with Crippen molar-refractivity contribution >= 4 is 28.5 Å². The number of aryl methyl sites for hydroxylation is 1. The Bertz CT molecular complexity index is 1200. The highest BCUT2D eigenvalue weighted by atomic mass is 35.5. The Morgan fingerprint density at radius 2 is 1.93 bits per heavy atom. The lowest BCUT2D eigenvalue weighted by Gasteiger charge is -2.18. The second-order valence-electron chi connectivity index (χ2n) is 7.17. The SMILES string of the molecule is CCn1c(=O)[nH]c(=O)c2c(C(=O)NC(C)c3ccccc3Cl)cc(C(C)C)nc21. The third-order valence-corrected chi connectivity index (χ3v) is 5.18. The molecule has 0 saturated heterocycles. The number of carbonyl (C=O) groups is 1. The molecule has 0 aliphatic carbocycles. The van der Waals surface area contributed by atoms with Crippen LogP contribution >= 0.6 is 11.6 Å². The van der Waals surface area contributed by atoms with Crippen molar-refractivity contribution in [3.63, 3.8) is 0 Å². The highest BCUT2D eigenvalue weighted by molar-refractivity contribution is 6.31. The Balaban J connectivity index is 2.17. The predicted octanol–water partition coefficient (Wildman–Crippen LogP) is 3.37. The Labute approximate surface area is 172 Å². The van der Waals surface area contributed by atoms with Gasteiger partial charge in [-0.1, -0.05) is 43.6 Å². The smallest absolute Gasteiger partial charge is 0.329 e. The van der Waals surface area contributed by atoms with Gasteiger partial charge in [-0.25, -0.2) is 9.78 Å². The standard InChI is InChI=1S/C21H23ClN4O3/c1-5-26-18-17(20(28)25-21(26)29)14(10-16(24-18)11(2)3)19(27)23-12(4)13-8-6-7-9-15(13)22/h6-12H,5H2,1-4H3,(H,23,27)(H,25,28,29). The summed E-state index contributed by atoms with van der Waals surface area (Å²) in [5.41, 5.74) is 0.607. The van der Waals surface area contributed by atoms with Gasteiger partial charge in [-0.05, 0) is 37.5 Å². The van der Waals surface area contributed by atoms with Crippen molar-refractivity contribution in [2.24, 2.45) is 0 Å². The largest absolute Gasteiger partial charge is 0.345 e. The predicted molar refractivity (Wildman–Crippen MR) is 114 cm³/mol. The van der Waals surface area contributed by atoms with E-state index in [4.69, 9.17) is 11.6 Å². The molecule has 0 radical (unpaired) electrons. The topological polar surface area (TPSA) is 96.9 Å². The number of pyridine rings is 1. The Morgan fingerprint density at radius 3 is 2.55 bits per heavy atom. The Morgan fingerprint density at radius 1 is 1.24 bits per heavy atom. The lowest BCUT2D eigenvalue weighted by atomic mass is 10.0. The number of aromatic nitrogens is 3. The summed E-state index contributed by atoms with van der Waals surface area (Å²) in [6.45, 7) is 7.78. The van der Waals surface area contributed by atoms with Crippen LogP contribution in [0.15, 0.2) is 39.9 Å². The first-order valence-corrected chi connectivity index (χ1v) is 9.85. The fourth-order valence-corrected chi connectivity index (χ4v) is 3.54. The van der Waals surface area contributed by atoms with Gasteiger partial charge in [0.25, 0.3) is 11.5 Å². The lowest BCUT2D eigenvalue weighted by Crippen LogP contribution is -2.34. The molecule has 3 aromatic rings. The van der Waals surface area contributed by atoms with E-state index in [0.29, 0.717) is 17.3 Å². The molecular formula is C21H23ClN4O3. The summed E-state index contributed by atoms with van der Waals surface area (Å²) >= 11 is 6.24. The van der Waals surface area contributed by atoms with E-state index in [1.54, 1.807) is 19.1 Å². The molecule has 0 saturated carbocycles. The molecule has 3 rings (SSSR count). The molecular weight excluding hydrogens is 392 g/mol. The first-order valence-electron chi connectivity index (χ1n) is 9.47. The van der Waals surface area contributed by atoms with Crippen molar-refractivity contribution in [1.29, 1.82) is 0 Å². The molecule has 0 spiro atoms. The quantitative estimate of drug-likeness (QED) is 0.668. The monoisotopic (exact) mass is 414 g/mol. The molecule has 1 amide bonds. The number of carbonyl (C=O) groups excluding carboxylic acids is 1. The maximum Gasteiger partial charge on any atom is 0.329 e. The van der Waals surface area contributed by atoms with Crippen molar-refractivity contribution in [2.45, 2.75) is 46.2 Å². The minimum absolute atomic E-state index is 0.00615. The molecule has 2 heterocycles. The molecule has 2 N–H and O–H groups in total. The minimum atomic E-state index is -0.631. The van der Waals surface area contributed by atoms with Crippen molar-refractivity contribution in [3.8, 4) is 0 Å². The van der Waals surface area contributed by atoms with E-state index in [-0.39, 0.29) is 28.6 Å². The van der Waals surface area contributed by atoms with E-state index in [1.165, 1.54) is 4.57 Å². The van der Waals surface area contributed by atoms with Gasteiger partial charge in [0.05, 0.1) is 17.0 Å². The van der Waals surface area contributed by atoms with Gasteiger partial charge in [-0.15, -0.1) is 0 Å². The number of aromatic amines is 1. The maximum absolute atomic E-state index is 13.1. The van der Waals surface area contributed by atoms with Crippen molar-refractivity contribution in [2.75, 3.05) is 0 Å². The molecule has 152 valence electrons. The van der Waals surface area contributed by atoms with Crippen LogP contribution in [0, 0.1) is 0 Å². The van der Waals surface area contributed by atoms with E-state index in [0.717, 1.165) is 5.56 Å². The van der Waals surface area contributed by atoms with E-state index >= 15 is 0 Å². The number of fused-ring (bicyclic) bond motifs is 1. The van der Waals surface area contributed by atoms with Gasteiger partial charge < -0.3 is 5.32 Å². The summed E-state index contributed by atoms with van der Waals surface area (Å²) in [5, 5.41) is 3.54. The highest BCUT2D eigenvalue weighted by Crippen LogP contribution is 2.24. The Hall–Kier alpha value is -2.93. The van der Waals surface area contributed by atoms with Crippen molar-refractivity contribution < 1.29 is 4.79 Å². The zero-order valence-electron chi connectivity index (χ0n) is 16.7. The van der Waals surface area contributed by atoms with Crippen LogP contribution in [-0.4, -0.2) is 20.4 Å². The number of H-pyrrole nitrogens is 1. The number of nitrogens with one attached hydrogen (secondary N) is 2. The van der Waals surface area contributed by atoms with Crippen LogP contribution in [0.4, 0.5) is 0 Å². The van der Waals surface area contributed by atoms with Crippen LogP contribution in [-0.2, 0) is 6.54 Å². The molecule has 8 heteroatoms. The number of amides is 1. The first kappa shape index (κ1) is 20.8. The average Bonchev–Trinajstić information content (AvgIpc) is 2.67. The number of halogens is 1. The number of hydrogen-bond acceptors (Lipinski definition) is 4. The van der Waals surface area contributed by atoms with Crippen molar-refractivity contribution in [3.05, 3.63) is 73.0 Å². The van der Waals surface area contributed by atoms with Crippen LogP contribution in [0.3, 0.4) is 0 Å². The summed E-state index contributed by atoms with van der Waals surface area (Å²) in [6, 6.07) is 8.48. The van der Waals surface area contributed by atoms with Gasteiger partial charge in [-0.3, -0.25) is 19.1 Å². The lowest BCUT2D eigenvalue weighted by molar-refractivity contribution is 0.0941. The molecule has 0 aliphatic heterocycles. The average molecular weight is 415 g/mol. The summed E-state index contributed by atoms with van der Waals surface area (Å²) in [6.07, 6.45) is 0. The molecule has 0 fully saturated rings.